The van der Waals surface area contributed by atoms with Crippen LogP contribution in [0.1, 0.15) is 22.4 Å². The van der Waals surface area contributed by atoms with E-state index in [4.69, 9.17) is 0 Å². The predicted octanol–water partition coefficient (Wildman–Crippen LogP) is 2.19. The lowest BCUT2D eigenvalue weighted by atomic mass is 10.2. The Morgan fingerprint density at radius 3 is 2.60 bits per heavy atom. The molecule has 2 heterocycles. The largest absolute Gasteiger partial charge is 0.469 e. The molecule has 0 atom stereocenters. The fourth-order valence-electron chi connectivity index (χ4n) is 2.24. The number of carbonyl (C=O) groups is 2. The van der Waals surface area contributed by atoms with E-state index in [1.807, 2.05) is 18.2 Å². The molecule has 2 rings (SSSR count). The molecule has 0 aliphatic carbocycles. The van der Waals surface area contributed by atoms with Crippen molar-refractivity contribution in [3.63, 3.8) is 0 Å². The van der Waals surface area contributed by atoms with Gasteiger partial charge in [-0.3, -0.25) is 14.6 Å². The topological polar surface area (TPSA) is 80.3 Å². The molecule has 7 heteroatoms. The number of pyridine rings is 1. The number of methoxy groups -OCH3 is 1. The van der Waals surface area contributed by atoms with Gasteiger partial charge in [-0.1, -0.05) is 0 Å². The molecule has 0 aromatic carbocycles. The Hall–Kier alpha value is -2.41. The quantitative estimate of drug-likeness (QED) is 0.529. The number of nitrogens with zero attached hydrogens (tertiary/aromatic N) is 1. The first-order valence-corrected chi connectivity index (χ1v) is 8.96. The average molecular weight is 361 g/mol. The number of amides is 1. The number of hydrogen-bond donors (Lipinski definition) is 2. The van der Waals surface area contributed by atoms with Crippen LogP contribution in [0.5, 0.6) is 0 Å². The molecular weight excluding hydrogens is 338 g/mol. The van der Waals surface area contributed by atoms with E-state index in [0.29, 0.717) is 19.5 Å². The molecule has 0 bridgehead atoms. The minimum absolute atomic E-state index is 0.0291. The van der Waals surface area contributed by atoms with Gasteiger partial charge in [0.1, 0.15) is 0 Å². The van der Waals surface area contributed by atoms with Gasteiger partial charge < -0.3 is 15.4 Å². The lowest BCUT2D eigenvalue weighted by molar-refractivity contribution is -0.139. The summed E-state index contributed by atoms with van der Waals surface area (Å²) in [5.74, 6) is -0.241. The maximum atomic E-state index is 11.3. The van der Waals surface area contributed by atoms with Crippen molar-refractivity contribution in [3.05, 3.63) is 45.9 Å². The Balaban J connectivity index is 1.75. The summed E-state index contributed by atoms with van der Waals surface area (Å²) >= 11 is 1.64. The van der Waals surface area contributed by atoms with Crippen LogP contribution in [0.15, 0.2) is 30.5 Å². The standard InChI is InChI=1S/C18H23N3O3S/c1-13(22)19-9-10-20-15-4-3-14(21-12-15)5-6-16-7-8-17(25-16)11-18(23)24-2/h3-4,7-8,12,20H,5-6,9-11H2,1-2H3,(H,19,22). The van der Waals surface area contributed by atoms with Crippen LogP contribution >= 0.6 is 11.3 Å². The van der Waals surface area contributed by atoms with Crippen molar-refractivity contribution >= 4 is 28.9 Å². The van der Waals surface area contributed by atoms with Crippen molar-refractivity contribution in [1.82, 2.24) is 10.3 Å². The van der Waals surface area contributed by atoms with Crippen LogP contribution < -0.4 is 10.6 Å². The lowest BCUT2D eigenvalue weighted by Gasteiger charge is -2.07. The van der Waals surface area contributed by atoms with Gasteiger partial charge in [0.05, 0.1) is 25.4 Å². The first-order chi connectivity index (χ1) is 12.1. The molecule has 0 unspecified atom stereocenters. The number of thiophene rings is 1. The van der Waals surface area contributed by atoms with E-state index in [9.17, 15) is 9.59 Å². The Kier molecular flexibility index (Phi) is 7.40. The number of carbonyl (C=O) groups excluding carboxylic acids is 2. The number of aryl methyl sites for hydroxylation is 2. The van der Waals surface area contributed by atoms with Crippen LogP contribution in [-0.2, 0) is 33.6 Å². The SMILES string of the molecule is COC(=O)Cc1ccc(CCc2ccc(NCCNC(C)=O)cn2)s1. The van der Waals surface area contributed by atoms with Gasteiger partial charge >= 0.3 is 5.97 Å². The number of ether oxygens (including phenoxy) is 1. The van der Waals surface area contributed by atoms with Gasteiger partial charge in [-0.2, -0.15) is 0 Å². The highest BCUT2D eigenvalue weighted by Gasteiger charge is 2.07. The fourth-order valence-corrected chi connectivity index (χ4v) is 3.24. The van der Waals surface area contributed by atoms with Crippen molar-refractivity contribution in [1.29, 1.82) is 0 Å². The molecule has 2 aromatic rings. The van der Waals surface area contributed by atoms with E-state index in [2.05, 4.69) is 26.4 Å². The Bertz CT molecular complexity index is 698. The number of esters is 1. The molecule has 0 saturated carbocycles. The summed E-state index contributed by atoms with van der Waals surface area (Å²) in [5, 5.41) is 5.94. The molecule has 6 nitrogen and oxygen atoms in total. The molecule has 25 heavy (non-hydrogen) atoms. The maximum Gasteiger partial charge on any atom is 0.310 e. The zero-order valence-corrected chi connectivity index (χ0v) is 15.3. The van der Waals surface area contributed by atoms with E-state index in [1.165, 1.54) is 18.9 Å². The van der Waals surface area contributed by atoms with Crippen LogP contribution in [0.25, 0.3) is 0 Å². The highest BCUT2D eigenvalue weighted by molar-refractivity contribution is 7.12. The van der Waals surface area contributed by atoms with E-state index in [0.717, 1.165) is 29.1 Å². The number of rotatable bonds is 9. The van der Waals surface area contributed by atoms with Crippen LogP contribution in [0.4, 0.5) is 5.69 Å². The summed E-state index contributed by atoms with van der Waals surface area (Å²) in [6, 6.07) is 8.03. The van der Waals surface area contributed by atoms with Crippen molar-refractivity contribution in [2.75, 3.05) is 25.5 Å². The summed E-state index contributed by atoms with van der Waals surface area (Å²) in [6.45, 7) is 2.75. The molecule has 1 amide bonds. The van der Waals surface area contributed by atoms with Crippen molar-refractivity contribution in [3.8, 4) is 0 Å². The molecule has 0 aliphatic rings. The van der Waals surface area contributed by atoms with Crippen LogP contribution in [-0.4, -0.2) is 37.1 Å². The Morgan fingerprint density at radius 2 is 1.92 bits per heavy atom. The Labute approximate surface area is 151 Å². The monoisotopic (exact) mass is 361 g/mol. The minimum Gasteiger partial charge on any atom is -0.469 e. The molecule has 0 aliphatic heterocycles. The first-order valence-electron chi connectivity index (χ1n) is 8.14. The van der Waals surface area contributed by atoms with E-state index in [1.54, 1.807) is 17.5 Å². The zero-order valence-electron chi connectivity index (χ0n) is 14.5. The maximum absolute atomic E-state index is 11.3. The molecule has 2 N–H and O–H groups in total. The summed E-state index contributed by atoms with van der Waals surface area (Å²) in [5.41, 5.74) is 1.96. The highest BCUT2D eigenvalue weighted by atomic mass is 32.1. The van der Waals surface area contributed by atoms with Gasteiger partial charge in [-0.25, -0.2) is 0 Å². The predicted molar refractivity (Wildman–Crippen MR) is 98.9 cm³/mol. The third kappa shape index (κ3) is 6.93. The second-order valence-electron chi connectivity index (χ2n) is 5.57. The van der Waals surface area contributed by atoms with Gasteiger partial charge in [0.2, 0.25) is 5.91 Å². The van der Waals surface area contributed by atoms with Crippen molar-refractivity contribution < 1.29 is 14.3 Å². The van der Waals surface area contributed by atoms with E-state index >= 15 is 0 Å². The lowest BCUT2D eigenvalue weighted by Crippen LogP contribution is -2.26. The van der Waals surface area contributed by atoms with Crippen molar-refractivity contribution in [2.45, 2.75) is 26.2 Å². The van der Waals surface area contributed by atoms with Gasteiger partial charge in [0.25, 0.3) is 0 Å². The van der Waals surface area contributed by atoms with Gasteiger partial charge in [0.15, 0.2) is 0 Å². The molecule has 0 fully saturated rings. The third-order valence-electron chi connectivity index (χ3n) is 3.54. The molecule has 0 radical (unpaired) electrons. The number of aromatic nitrogens is 1. The summed E-state index contributed by atoms with van der Waals surface area (Å²) < 4.78 is 4.68. The van der Waals surface area contributed by atoms with Gasteiger partial charge in [-0.05, 0) is 37.1 Å². The molecule has 2 aromatic heterocycles. The van der Waals surface area contributed by atoms with E-state index in [-0.39, 0.29) is 11.9 Å². The van der Waals surface area contributed by atoms with Crippen LogP contribution in [0.2, 0.25) is 0 Å². The average Bonchev–Trinajstić information content (AvgIpc) is 3.05. The first kappa shape index (κ1) is 18.9. The fraction of sp³-hybridized carbons (Fsp3) is 0.389. The second kappa shape index (κ2) is 9.78. The number of nitrogens with one attached hydrogen (secondary N) is 2. The number of hydrogen-bond acceptors (Lipinski definition) is 6. The Morgan fingerprint density at radius 1 is 1.12 bits per heavy atom. The second-order valence-corrected chi connectivity index (χ2v) is 6.82. The normalized spacial score (nSPS) is 10.3. The smallest absolute Gasteiger partial charge is 0.310 e. The zero-order chi connectivity index (χ0) is 18.1. The van der Waals surface area contributed by atoms with Gasteiger partial charge in [0, 0.05) is 35.5 Å². The molecule has 0 spiro atoms. The highest BCUT2D eigenvalue weighted by Crippen LogP contribution is 2.19. The minimum atomic E-state index is -0.211. The molecular formula is C18H23N3O3S. The third-order valence-corrected chi connectivity index (χ3v) is 4.69. The summed E-state index contributed by atoms with van der Waals surface area (Å²) in [4.78, 5) is 28.8. The summed E-state index contributed by atoms with van der Waals surface area (Å²) in [7, 11) is 1.40. The molecule has 0 saturated heterocycles. The molecule has 134 valence electrons. The summed E-state index contributed by atoms with van der Waals surface area (Å²) in [6.07, 6.45) is 3.89. The van der Waals surface area contributed by atoms with Crippen LogP contribution in [0.3, 0.4) is 0 Å². The van der Waals surface area contributed by atoms with Crippen molar-refractivity contribution in [2.24, 2.45) is 0 Å². The number of anilines is 1. The van der Waals surface area contributed by atoms with Crippen LogP contribution in [0, 0.1) is 0 Å². The van der Waals surface area contributed by atoms with Gasteiger partial charge in [-0.15, -0.1) is 11.3 Å². The van der Waals surface area contributed by atoms with E-state index < -0.39 is 0 Å².